The maximum atomic E-state index is 13.2. The van der Waals surface area contributed by atoms with Crippen LogP contribution in [0.25, 0.3) is 0 Å². The molecule has 0 aliphatic carbocycles. The summed E-state index contributed by atoms with van der Waals surface area (Å²) in [7, 11) is 1.73. The Hall–Kier alpha value is -8.11. The summed E-state index contributed by atoms with van der Waals surface area (Å²) in [6.45, 7) is 11.0. The Bertz CT molecular complexity index is 2210. The quantitative estimate of drug-likeness (QED) is 0.0149. The summed E-state index contributed by atoms with van der Waals surface area (Å²) in [6.07, 6.45) is 3.54. The number of unbranched alkanes of at least 4 members (excludes halogenated alkanes) is 1. The summed E-state index contributed by atoms with van der Waals surface area (Å²) in [5.41, 5.74) is 0. The first-order valence-electron chi connectivity index (χ1n) is 21.2. The predicted molar refractivity (Wildman–Crippen MR) is 235 cm³/mol. The molecule has 0 aliphatic rings. The zero-order chi connectivity index (χ0) is 57.3. The van der Waals surface area contributed by atoms with Crippen molar-refractivity contribution in [2.45, 2.75) is 96.2 Å². The predicted octanol–water partition coefficient (Wildman–Crippen LogP) is -2.80. The molecule has 0 saturated heterocycles. The van der Waals surface area contributed by atoms with Crippen LogP contribution in [0.5, 0.6) is 0 Å². The number of ketones is 1. The summed E-state index contributed by atoms with van der Waals surface area (Å²) in [4.78, 5) is 154. The van der Waals surface area contributed by atoms with E-state index in [4.69, 9.17) is 19.1 Å². The number of imidazole rings is 2. The van der Waals surface area contributed by atoms with Crippen molar-refractivity contribution < 1.29 is 132 Å². The average molecular weight is 1150 g/mol. The monoisotopic (exact) mass is 1150 g/mol. The van der Waals surface area contributed by atoms with E-state index in [0.717, 1.165) is 4.90 Å². The second-order valence-electron chi connectivity index (χ2n) is 15.8. The van der Waals surface area contributed by atoms with Crippen LogP contribution in [0.3, 0.4) is 0 Å². The summed E-state index contributed by atoms with van der Waals surface area (Å²) in [5.74, 6) is -12.6. The molecule has 4 atom stereocenters. The van der Waals surface area contributed by atoms with E-state index in [-0.39, 0.29) is 69.3 Å². The van der Waals surface area contributed by atoms with Crippen molar-refractivity contribution in [1.82, 2.24) is 44.9 Å². The molecule has 2 aromatic rings. The number of amides is 5. The molecule has 0 spiro atoms. The molecule has 411 valence electrons. The van der Waals surface area contributed by atoms with E-state index in [0.29, 0.717) is 10.7 Å². The number of nitrogens with one attached hydrogen (secondary N) is 3. The standard InChI is InChI=1S/C39H54N10O19.3CO.Tc/c1-23(50)15-47(18-33(56)57)30(52)16-45-12-10-40-27(45)21-49(2,22-28-41-11-13-46(28)17-31(53)48(19-34(58)59)20-35(60)61)14-4-3-5-24(36(62)63)42-29(51)8-6-25(37(64)65)43-39(68)44-26(38(66)67)7-9-32(54)55;3*1-2;/h10-13,24-26H,3-9,14-22H2,1-2H3,(H9-,42,43,44,51,54,55,56,57,58,59,60,61,62,63,64,65,66,67,68);;;;/p+1/t24-,25?,26?,49-;;;;/m1..../s1/i;;;;1+1. The van der Waals surface area contributed by atoms with Crippen LogP contribution in [-0.2, 0) is 113 Å². The molecular formula is C42H55N10O22Tc+. The number of aliphatic carboxylic acids is 7. The molecular weight excluding hydrogens is 1100 g/mol. The van der Waals surface area contributed by atoms with Crippen molar-refractivity contribution in [3.8, 4) is 0 Å². The van der Waals surface area contributed by atoms with E-state index in [1.807, 2.05) is 10.6 Å². The third kappa shape index (κ3) is 29.3. The molecule has 32 nitrogen and oxygen atoms in total. The number of carbonyl (C=O) groups is 12. The normalized spacial score (nSPS) is 11.9. The Balaban J connectivity index is -0.00000713. The molecule has 2 rings (SSSR count). The molecule has 2 heterocycles. The van der Waals surface area contributed by atoms with Crippen LogP contribution in [0.1, 0.15) is 63.5 Å². The first-order valence-corrected chi connectivity index (χ1v) is 21.2. The molecule has 0 bridgehead atoms. The molecule has 0 aliphatic heterocycles. The van der Waals surface area contributed by atoms with Crippen molar-refractivity contribution in [2.24, 2.45) is 0 Å². The van der Waals surface area contributed by atoms with Gasteiger partial charge in [-0.1, -0.05) is 0 Å². The Morgan fingerprint density at radius 1 is 0.573 bits per heavy atom. The Morgan fingerprint density at radius 3 is 1.31 bits per heavy atom. The van der Waals surface area contributed by atoms with Gasteiger partial charge in [0.15, 0.2) is 11.6 Å². The zero-order valence-electron chi connectivity index (χ0n) is 40.1. The Kier molecular flexibility index (Phi) is 35.7. The number of nitrogens with zero attached hydrogens (tertiary/aromatic N) is 7. The number of hydrogen-bond donors (Lipinski definition) is 10. The van der Waals surface area contributed by atoms with Gasteiger partial charge in [-0.2, -0.15) is 0 Å². The van der Waals surface area contributed by atoms with Crippen molar-refractivity contribution >= 4 is 71.3 Å². The van der Waals surface area contributed by atoms with Gasteiger partial charge in [0.25, 0.3) is 0 Å². The van der Waals surface area contributed by atoms with E-state index in [9.17, 15) is 88.2 Å². The number of rotatable bonds is 33. The first-order chi connectivity index (χ1) is 34.8. The van der Waals surface area contributed by atoms with E-state index in [2.05, 4.69) is 35.2 Å². The van der Waals surface area contributed by atoms with Gasteiger partial charge < -0.3 is 75.1 Å². The molecule has 33 heteroatoms. The number of carboxylic acids is 7. The van der Waals surface area contributed by atoms with Gasteiger partial charge in [0.05, 0.1) is 20.1 Å². The van der Waals surface area contributed by atoms with Gasteiger partial charge in [0.1, 0.15) is 69.7 Å². The summed E-state index contributed by atoms with van der Waals surface area (Å²) in [6, 6.07) is -6.17. The average Bonchev–Trinajstić information content (AvgIpc) is 3.95. The number of urea groups is 1. The van der Waals surface area contributed by atoms with Crippen LogP contribution in [-0.4, -0.2) is 198 Å². The van der Waals surface area contributed by atoms with Gasteiger partial charge in [-0.3, -0.25) is 38.4 Å². The van der Waals surface area contributed by atoms with Crippen LogP contribution in [0.2, 0.25) is 0 Å². The molecule has 2 unspecified atom stereocenters. The topological polar surface area (TPSA) is 484 Å². The van der Waals surface area contributed by atoms with Crippen LogP contribution in [0, 0.1) is 20.0 Å². The van der Waals surface area contributed by atoms with Crippen LogP contribution < -0.4 is 16.0 Å². The second kappa shape index (κ2) is 37.6. The minimum atomic E-state index is -1.74. The summed E-state index contributed by atoms with van der Waals surface area (Å²) < 4.78 is 25.3. The van der Waals surface area contributed by atoms with Crippen LogP contribution >= 0.6 is 0 Å². The number of Topliss-reactive ketones (excluding diaryl/α,β-unsaturated/α-hetero) is 1. The van der Waals surface area contributed by atoms with Crippen molar-refractivity contribution in [2.75, 3.05) is 39.8 Å². The van der Waals surface area contributed by atoms with E-state index in [1.165, 1.54) is 40.8 Å². The van der Waals surface area contributed by atoms with E-state index >= 15 is 0 Å². The van der Waals surface area contributed by atoms with Gasteiger partial charge in [-0.05, 0) is 39.0 Å². The van der Waals surface area contributed by atoms with Gasteiger partial charge in [-0.15, -0.1) is 0 Å². The number of carboxylic acid groups (broad SMARTS) is 7. The number of aromatic nitrogens is 4. The number of carbonyl (C=O) groups excluding carboxylic acids is 5. The number of quaternary nitrogens is 1. The molecule has 0 fully saturated rings. The maximum absolute atomic E-state index is 13.2. The Labute approximate surface area is 439 Å². The molecule has 2 aromatic heterocycles. The van der Waals surface area contributed by atoms with Crippen molar-refractivity contribution in [3.63, 3.8) is 0 Å². The molecule has 5 amide bonds. The zero-order valence-corrected chi connectivity index (χ0v) is 42.0. The first kappa shape index (κ1) is 71.1. The Morgan fingerprint density at radius 2 is 0.947 bits per heavy atom. The van der Waals surface area contributed by atoms with Crippen molar-refractivity contribution in [1.29, 1.82) is 0 Å². The molecule has 10 N–H and O–H groups in total. The fourth-order valence-electron chi connectivity index (χ4n) is 6.66. The molecule has 75 heavy (non-hydrogen) atoms. The van der Waals surface area contributed by atoms with Crippen LogP contribution in [0.15, 0.2) is 24.8 Å². The fraction of sp³-hybridized carbons (Fsp3) is 0.500. The van der Waals surface area contributed by atoms with E-state index in [1.54, 1.807) is 7.05 Å². The SMILES string of the molecule is CC(=O)CN(CC(=O)O)C(=O)Cn1ccnc1C[N@@+](C)(CCCC[C@@H](NC(=O)CCC(NC(=O)NC(CCC(=O)O)C(=O)O)C(=O)O)C(=O)O)Cc1nccn1CC(=O)N(CC(=O)O)CC(=O)O.[99Tc].[C-]#[O+].[C-]#[O+].[C-]#[O+]. The summed E-state index contributed by atoms with van der Waals surface area (Å²) in [5, 5.41) is 71.6. The van der Waals surface area contributed by atoms with Gasteiger partial charge in [0.2, 0.25) is 17.7 Å². The second-order valence-corrected chi connectivity index (χ2v) is 15.8. The number of hydrogen-bond acceptors (Lipinski definition) is 14. The fourth-order valence-corrected chi connectivity index (χ4v) is 6.66. The molecule has 0 saturated carbocycles. The van der Waals surface area contributed by atoms with Gasteiger partial charge in [0, 0.05) is 57.7 Å². The molecule has 1 radical (unpaired) electrons. The third-order valence-corrected chi connectivity index (χ3v) is 9.95. The van der Waals surface area contributed by atoms with E-state index < -0.39 is 154 Å². The van der Waals surface area contributed by atoms with Crippen molar-refractivity contribution in [3.05, 3.63) is 56.4 Å². The van der Waals surface area contributed by atoms with Gasteiger partial charge in [-0.25, -0.2) is 29.1 Å². The minimum absolute atomic E-state index is 0. The molecule has 0 aromatic carbocycles. The van der Waals surface area contributed by atoms with Crippen LogP contribution in [0.4, 0.5) is 4.79 Å². The third-order valence-electron chi connectivity index (χ3n) is 9.95. The summed E-state index contributed by atoms with van der Waals surface area (Å²) >= 11 is 0. The van der Waals surface area contributed by atoms with Gasteiger partial charge >= 0.3 is 81.7 Å².